The van der Waals surface area contributed by atoms with Gasteiger partial charge in [0.25, 0.3) is 0 Å². The molecular formula is C16H29N3O. The highest BCUT2D eigenvalue weighted by molar-refractivity contribution is 5.25. The lowest BCUT2D eigenvalue weighted by Gasteiger charge is -2.14. The highest BCUT2D eigenvalue weighted by Crippen LogP contribution is 2.19. The predicted molar refractivity (Wildman–Crippen MR) is 83.1 cm³/mol. The molecule has 0 aliphatic rings. The summed E-state index contributed by atoms with van der Waals surface area (Å²) < 4.78 is 5.85. The first-order valence-corrected chi connectivity index (χ1v) is 7.73. The minimum Gasteiger partial charge on any atom is -0.490 e. The number of nitrogens with zero attached hydrogens (tertiary/aromatic N) is 2. The van der Waals surface area contributed by atoms with Crippen LogP contribution in [0, 0.1) is 5.92 Å². The molecular weight excluding hydrogens is 250 g/mol. The van der Waals surface area contributed by atoms with E-state index in [1.165, 1.54) is 0 Å². The lowest BCUT2D eigenvalue weighted by atomic mass is 10.1. The summed E-state index contributed by atoms with van der Waals surface area (Å²) in [6.45, 7) is 13.2. The van der Waals surface area contributed by atoms with Crippen LogP contribution in [-0.4, -0.2) is 23.1 Å². The van der Waals surface area contributed by atoms with E-state index in [9.17, 15) is 0 Å². The monoisotopic (exact) mass is 279 g/mol. The Bertz CT molecular complexity index is 391. The molecule has 1 aromatic heterocycles. The van der Waals surface area contributed by atoms with E-state index in [1.54, 1.807) is 0 Å². The van der Waals surface area contributed by atoms with Crippen LogP contribution in [0.4, 0.5) is 0 Å². The summed E-state index contributed by atoms with van der Waals surface area (Å²) in [7, 11) is 0. The highest BCUT2D eigenvalue weighted by atomic mass is 16.5. The molecule has 0 atom stereocenters. The number of rotatable bonds is 9. The Morgan fingerprint density at radius 1 is 1.25 bits per heavy atom. The van der Waals surface area contributed by atoms with Crippen molar-refractivity contribution in [2.75, 3.05) is 13.2 Å². The van der Waals surface area contributed by atoms with Crippen molar-refractivity contribution in [1.82, 2.24) is 15.3 Å². The number of nitrogens with one attached hydrogen (secondary N) is 1. The van der Waals surface area contributed by atoms with Gasteiger partial charge in [-0.2, -0.15) is 0 Å². The van der Waals surface area contributed by atoms with E-state index in [1.807, 2.05) is 6.20 Å². The smallest absolute Gasteiger partial charge is 0.160 e. The Morgan fingerprint density at radius 3 is 2.60 bits per heavy atom. The Balaban J connectivity index is 2.73. The molecule has 0 saturated heterocycles. The van der Waals surface area contributed by atoms with Gasteiger partial charge in [0.15, 0.2) is 5.75 Å². The molecule has 0 fully saturated rings. The molecule has 0 radical (unpaired) electrons. The van der Waals surface area contributed by atoms with E-state index >= 15 is 0 Å². The van der Waals surface area contributed by atoms with Crippen molar-refractivity contribution in [3.63, 3.8) is 0 Å². The quantitative estimate of drug-likeness (QED) is 0.703. The van der Waals surface area contributed by atoms with Crippen LogP contribution in [0.3, 0.4) is 0 Å². The van der Waals surface area contributed by atoms with E-state index in [-0.39, 0.29) is 0 Å². The van der Waals surface area contributed by atoms with Gasteiger partial charge < -0.3 is 10.1 Å². The number of ether oxygens (including phenoxy) is 1. The van der Waals surface area contributed by atoms with E-state index in [0.717, 1.165) is 49.8 Å². The van der Waals surface area contributed by atoms with Gasteiger partial charge in [-0.25, -0.2) is 9.97 Å². The van der Waals surface area contributed by atoms with Gasteiger partial charge in [-0.05, 0) is 25.3 Å². The molecule has 0 amide bonds. The maximum Gasteiger partial charge on any atom is 0.160 e. The zero-order valence-electron chi connectivity index (χ0n) is 13.6. The third-order valence-electron chi connectivity index (χ3n) is 3.04. The molecule has 20 heavy (non-hydrogen) atoms. The molecule has 0 saturated carbocycles. The van der Waals surface area contributed by atoms with Crippen LogP contribution in [-0.2, 0) is 6.54 Å². The van der Waals surface area contributed by atoms with Crippen molar-refractivity contribution in [3.8, 4) is 5.75 Å². The average molecular weight is 279 g/mol. The van der Waals surface area contributed by atoms with Gasteiger partial charge in [0.2, 0.25) is 0 Å². The fraction of sp³-hybridized carbons (Fsp3) is 0.750. The summed E-state index contributed by atoms with van der Waals surface area (Å²) in [5.41, 5.74) is 0.973. The zero-order chi connectivity index (χ0) is 15.0. The molecule has 1 rings (SSSR count). The lowest BCUT2D eigenvalue weighted by molar-refractivity contribution is 0.283. The summed E-state index contributed by atoms with van der Waals surface area (Å²) in [4.78, 5) is 9.04. The number of hydrogen-bond acceptors (Lipinski definition) is 4. The summed E-state index contributed by atoms with van der Waals surface area (Å²) in [6.07, 6.45) is 3.99. The van der Waals surface area contributed by atoms with Gasteiger partial charge in [0.1, 0.15) is 5.82 Å². The van der Waals surface area contributed by atoms with Crippen molar-refractivity contribution >= 4 is 0 Å². The van der Waals surface area contributed by atoms with Gasteiger partial charge in [-0.3, -0.25) is 0 Å². The van der Waals surface area contributed by atoms with E-state index in [4.69, 9.17) is 4.74 Å². The van der Waals surface area contributed by atoms with Crippen LogP contribution in [0.2, 0.25) is 0 Å². The van der Waals surface area contributed by atoms with Crippen LogP contribution < -0.4 is 10.1 Å². The molecule has 0 unspecified atom stereocenters. The largest absolute Gasteiger partial charge is 0.490 e. The van der Waals surface area contributed by atoms with Crippen LogP contribution in [0.25, 0.3) is 0 Å². The molecule has 0 spiro atoms. The van der Waals surface area contributed by atoms with E-state index in [0.29, 0.717) is 11.8 Å². The first-order chi connectivity index (χ1) is 9.54. The third kappa shape index (κ3) is 5.87. The molecule has 114 valence electrons. The normalized spacial score (nSPS) is 11.3. The molecule has 4 heteroatoms. The van der Waals surface area contributed by atoms with Crippen LogP contribution in [0.1, 0.15) is 64.9 Å². The van der Waals surface area contributed by atoms with Gasteiger partial charge in [0, 0.05) is 12.5 Å². The first-order valence-electron chi connectivity index (χ1n) is 7.73. The Kier molecular flexibility index (Phi) is 7.52. The molecule has 1 heterocycles. The molecule has 0 aliphatic carbocycles. The van der Waals surface area contributed by atoms with E-state index in [2.05, 4.69) is 49.9 Å². The maximum atomic E-state index is 5.85. The van der Waals surface area contributed by atoms with Crippen LogP contribution >= 0.6 is 0 Å². The lowest BCUT2D eigenvalue weighted by Crippen LogP contribution is -2.17. The number of hydrogen-bond donors (Lipinski definition) is 1. The van der Waals surface area contributed by atoms with Gasteiger partial charge in [-0.15, -0.1) is 0 Å². The van der Waals surface area contributed by atoms with Gasteiger partial charge in [-0.1, -0.05) is 34.6 Å². The second-order valence-electron chi connectivity index (χ2n) is 5.90. The van der Waals surface area contributed by atoms with Crippen molar-refractivity contribution in [2.24, 2.45) is 5.92 Å². The first kappa shape index (κ1) is 16.9. The Labute approximate surface area is 123 Å². The molecule has 0 bridgehead atoms. The van der Waals surface area contributed by atoms with Gasteiger partial charge in [0.05, 0.1) is 18.5 Å². The fourth-order valence-electron chi connectivity index (χ4n) is 1.74. The minimum atomic E-state index is 0.338. The summed E-state index contributed by atoms with van der Waals surface area (Å²) in [6, 6.07) is 0. The number of aromatic nitrogens is 2. The summed E-state index contributed by atoms with van der Waals surface area (Å²) in [5, 5.41) is 3.39. The Morgan fingerprint density at radius 2 is 2.00 bits per heavy atom. The van der Waals surface area contributed by atoms with Crippen LogP contribution in [0.5, 0.6) is 5.75 Å². The Hall–Kier alpha value is -1.16. The van der Waals surface area contributed by atoms with Gasteiger partial charge >= 0.3 is 0 Å². The average Bonchev–Trinajstić information content (AvgIpc) is 2.39. The second kappa shape index (κ2) is 8.90. The summed E-state index contributed by atoms with van der Waals surface area (Å²) >= 11 is 0. The fourth-order valence-corrected chi connectivity index (χ4v) is 1.74. The summed E-state index contributed by atoms with van der Waals surface area (Å²) in [5.74, 6) is 2.69. The third-order valence-corrected chi connectivity index (χ3v) is 3.04. The SMILES string of the molecule is CCCNCc1nc(C(C)C)ncc1OCCC(C)C. The molecule has 0 aromatic carbocycles. The van der Waals surface area contributed by atoms with Crippen molar-refractivity contribution in [3.05, 3.63) is 17.7 Å². The van der Waals surface area contributed by atoms with Crippen molar-refractivity contribution < 1.29 is 4.74 Å². The van der Waals surface area contributed by atoms with Crippen molar-refractivity contribution in [1.29, 1.82) is 0 Å². The minimum absolute atomic E-state index is 0.338. The standard InChI is InChI=1S/C16H29N3O/c1-6-8-17-10-14-15(20-9-7-12(2)3)11-18-16(19-14)13(4)5/h11-13,17H,6-10H2,1-5H3. The highest BCUT2D eigenvalue weighted by Gasteiger charge is 2.10. The molecule has 4 nitrogen and oxygen atoms in total. The van der Waals surface area contributed by atoms with Crippen molar-refractivity contribution in [2.45, 2.75) is 59.9 Å². The van der Waals surface area contributed by atoms with Crippen LogP contribution in [0.15, 0.2) is 6.20 Å². The molecule has 1 aromatic rings. The zero-order valence-corrected chi connectivity index (χ0v) is 13.6. The maximum absolute atomic E-state index is 5.85. The second-order valence-corrected chi connectivity index (χ2v) is 5.90. The van der Waals surface area contributed by atoms with E-state index < -0.39 is 0 Å². The predicted octanol–water partition coefficient (Wildman–Crippen LogP) is 3.52. The topological polar surface area (TPSA) is 47.0 Å². The molecule has 1 N–H and O–H groups in total. The molecule has 0 aliphatic heterocycles.